The van der Waals surface area contributed by atoms with Gasteiger partial charge in [0.25, 0.3) is 5.91 Å². The van der Waals surface area contributed by atoms with Crippen molar-refractivity contribution in [2.24, 2.45) is 7.05 Å². The molecule has 0 atom stereocenters. The normalized spacial score (nSPS) is 16.7. The smallest absolute Gasteiger partial charge is 0.270 e. The highest BCUT2D eigenvalue weighted by atomic mass is 79.9. The Kier molecular flexibility index (Phi) is 3.33. The molecule has 1 heterocycles. The Morgan fingerprint density at radius 3 is 2.62 bits per heavy atom. The second-order valence-corrected chi connectivity index (χ2v) is 5.12. The Hall–Kier alpha value is -0.840. The summed E-state index contributed by atoms with van der Waals surface area (Å²) in [6, 6.07) is 0.342. The van der Waals surface area contributed by atoms with Crippen LogP contribution in [0.2, 0.25) is 0 Å². The predicted molar refractivity (Wildman–Crippen MR) is 65.4 cm³/mol. The van der Waals surface area contributed by atoms with E-state index in [1.165, 1.54) is 12.8 Å². The van der Waals surface area contributed by atoms with Crippen LogP contribution in [-0.4, -0.2) is 21.7 Å². The number of amides is 1. The van der Waals surface area contributed by atoms with Gasteiger partial charge in [0, 0.05) is 13.1 Å². The molecule has 1 aromatic heterocycles. The van der Waals surface area contributed by atoms with Gasteiger partial charge in [0.15, 0.2) is 0 Å². The van der Waals surface area contributed by atoms with Crippen molar-refractivity contribution in [2.45, 2.75) is 38.6 Å². The van der Waals surface area contributed by atoms with Gasteiger partial charge in [-0.05, 0) is 35.7 Å². The molecule has 0 radical (unpaired) electrons. The van der Waals surface area contributed by atoms with E-state index in [1.807, 2.05) is 6.92 Å². The van der Waals surface area contributed by atoms with E-state index in [9.17, 15) is 4.79 Å². The lowest BCUT2D eigenvalue weighted by molar-refractivity contribution is 0.0927. The van der Waals surface area contributed by atoms with E-state index in [2.05, 4.69) is 26.3 Å². The number of carbonyl (C=O) groups excluding carboxylic acids is 1. The van der Waals surface area contributed by atoms with Crippen LogP contribution in [0.1, 0.15) is 41.9 Å². The van der Waals surface area contributed by atoms with Gasteiger partial charge in [0.2, 0.25) is 0 Å². The van der Waals surface area contributed by atoms with E-state index in [4.69, 9.17) is 0 Å². The SMILES string of the molecule is Cc1nn(C)c(C(=O)NC2CCCC2)c1Br. The maximum Gasteiger partial charge on any atom is 0.270 e. The topological polar surface area (TPSA) is 46.9 Å². The summed E-state index contributed by atoms with van der Waals surface area (Å²) in [5, 5.41) is 7.28. The van der Waals surface area contributed by atoms with Crippen molar-refractivity contribution in [3.8, 4) is 0 Å². The fourth-order valence-corrected chi connectivity index (χ4v) is 2.72. The lowest BCUT2D eigenvalue weighted by Crippen LogP contribution is -2.34. The van der Waals surface area contributed by atoms with Crippen molar-refractivity contribution >= 4 is 21.8 Å². The molecule has 1 aliphatic rings. The molecular formula is C11H16BrN3O. The first kappa shape index (κ1) is 11.6. The quantitative estimate of drug-likeness (QED) is 0.905. The van der Waals surface area contributed by atoms with Gasteiger partial charge in [-0.3, -0.25) is 9.48 Å². The van der Waals surface area contributed by atoms with E-state index in [-0.39, 0.29) is 5.91 Å². The van der Waals surface area contributed by atoms with Crippen LogP contribution in [0.15, 0.2) is 4.47 Å². The average Bonchev–Trinajstić information content (AvgIpc) is 2.77. The Balaban J connectivity index is 2.13. The van der Waals surface area contributed by atoms with Crippen molar-refractivity contribution < 1.29 is 4.79 Å². The molecule has 1 amide bonds. The lowest BCUT2D eigenvalue weighted by atomic mass is 10.2. The van der Waals surface area contributed by atoms with Gasteiger partial charge >= 0.3 is 0 Å². The summed E-state index contributed by atoms with van der Waals surface area (Å²) in [7, 11) is 1.79. The number of hydrogen-bond acceptors (Lipinski definition) is 2. The van der Waals surface area contributed by atoms with Crippen molar-refractivity contribution in [2.75, 3.05) is 0 Å². The van der Waals surface area contributed by atoms with Crippen LogP contribution in [-0.2, 0) is 7.05 Å². The number of hydrogen-bond donors (Lipinski definition) is 1. The lowest BCUT2D eigenvalue weighted by Gasteiger charge is -2.11. The zero-order chi connectivity index (χ0) is 11.7. The molecule has 88 valence electrons. The Morgan fingerprint density at radius 1 is 1.50 bits per heavy atom. The zero-order valence-corrected chi connectivity index (χ0v) is 11.2. The summed E-state index contributed by atoms with van der Waals surface area (Å²) in [6.07, 6.45) is 4.63. The number of aryl methyl sites for hydroxylation is 2. The first-order chi connectivity index (χ1) is 7.59. The summed E-state index contributed by atoms with van der Waals surface area (Å²) in [5.74, 6) is -0.0260. The molecule has 2 rings (SSSR count). The van der Waals surface area contributed by atoms with Crippen molar-refractivity contribution in [1.82, 2.24) is 15.1 Å². The van der Waals surface area contributed by atoms with Crippen LogP contribution in [0, 0.1) is 6.92 Å². The van der Waals surface area contributed by atoms with Crippen LogP contribution in [0.5, 0.6) is 0 Å². The third kappa shape index (κ3) is 2.14. The summed E-state index contributed by atoms with van der Waals surface area (Å²) in [6.45, 7) is 1.89. The predicted octanol–water partition coefficient (Wildman–Crippen LogP) is 2.16. The molecule has 0 aromatic carbocycles. The molecular weight excluding hydrogens is 270 g/mol. The third-order valence-electron chi connectivity index (χ3n) is 3.05. The minimum absolute atomic E-state index is 0.0260. The number of halogens is 1. The minimum Gasteiger partial charge on any atom is -0.348 e. The number of nitrogens with one attached hydrogen (secondary N) is 1. The fourth-order valence-electron chi connectivity index (χ4n) is 2.20. The van der Waals surface area contributed by atoms with Gasteiger partial charge < -0.3 is 5.32 Å². The highest BCUT2D eigenvalue weighted by Gasteiger charge is 2.22. The maximum atomic E-state index is 12.1. The molecule has 1 aliphatic carbocycles. The molecule has 5 heteroatoms. The van der Waals surface area contributed by atoms with Gasteiger partial charge in [-0.15, -0.1) is 0 Å². The van der Waals surface area contributed by atoms with Crippen molar-refractivity contribution in [3.63, 3.8) is 0 Å². The molecule has 0 unspecified atom stereocenters. The summed E-state index contributed by atoms with van der Waals surface area (Å²) < 4.78 is 2.43. The highest BCUT2D eigenvalue weighted by molar-refractivity contribution is 9.10. The van der Waals surface area contributed by atoms with Gasteiger partial charge in [-0.25, -0.2) is 0 Å². The van der Waals surface area contributed by atoms with E-state index in [0.717, 1.165) is 23.0 Å². The van der Waals surface area contributed by atoms with Crippen molar-refractivity contribution in [3.05, 3.63) is 15.9 Å². The van der Waals surface area contributed by atoms with Crippen molar-refractivity contribution in [1.29, 1.82) is 0 Å². The molecule has 1 aromatic rings. The standard InChI is InChI=1S/C11H16BrN3O/c1-7-9(12)10(15(2)14-7)11(16)13-8-5-3-4-6-8/h8H,3-6H2,1-2H3,(H,13,16). The van der Waals surface area contributed by atoms with E-state index >= 15 is 0 Å². The first-order valence-corrected chi connectivity index (χ1v) is 6.39. The molecule has 0 bridgehead atoms. The van der Waals surface area contributed by atoms with Crippen LogP contribution in [0.4, 0.5) is 0 Å². The number of aromatic nitrogens is 2. The molecule has 0 saturated heterocycles. The molecule has 1 N–H and O–H groups in total. The molecule has 4 nitrogen and oxygen atoms in total. The number of carbonyl (C=O) groups is 1. The van der Waals surface area contributed by atoms with Crippen LogP contribution >= 0.6 is 15.9 Å². The van der Waals surface area contributed by atoms with Gasteiger partial charge in [-0.1, -0.05) is 12.8 Å². The average molecular weight is 286 g/mol. The zero-order valence-electron chi connectivity index (χ0n) is 9.59. The molecule has 16 heavy (non-hydrogen) atoms. The highest BCUT2D eigenvalue weighted by Crippen LogP contribution is 2.22. The van der Waals surface area contributed by atoms with Gasteiger partial charge in [-0.2, -0.15) is 5.10 Å². The van der Waals surface area contributed by atoms with Crippen LogP contribution in [0.25, 0.3) is 0 Å². The summed E-state index contributed by atoms with van der Waals surface area (Å²) >= 11 is 3.41. The molecule has 0 aliphatic heterocycles. The maximum absolute atomic E-state index is 12.1. The van der Waals surface area contributed by atoms with E-state index < -0.39 is 0 Å². The second kappa shape index (κ2) is 4.57. The van der Waals surface area contributed by atoms with E-state index in [1.54, 1.807) is 11.7 Å². The minimum atomic E-state index is -0.0260. The summed E-state index contributed by atoms with van der Waals surface area (Å²) in [4.78, 5) is 12.1. The van der Waals surface area contributed by atoms with E-state index in [0.29, 0.717) is 11.7 Å². The van der Waals surface area contributed by atoms with Crippen LogP contribution in [0.3, 0.4) is 0 Å². The van der Waals surface area contributed by atoms with Gasteiger partial charge in [0.05, 0.1) is 10.2 Å². The Morgan fingerprint density at radius 2 is 2.12 bits per heavy atom. The Bertz CT molecular complexity index is 408. The number of nitrogens with zero attached hydrogens (tertiary/aromatic N) is 2. The molecule has 1 saturated carbocycles. The largest absolute Gasteiger partial charge is 0.348 e. The fraction of sp³-hybridized carbons (Fsp3) is 0.636. The first-order valence-electron chi connectivity index (χ1n) is 5.59. The third-order valence-corrected chi connectivity index (χ3v) is 4.00. The molecule has 0 spiro atoms. The van der Waals surface area contributed by atoms with Crippen LogP contribution < -0.4 is 5.32 Å². The monoisotopic (exact) mass is 285 g/mol. The second-order valence-electron chi connectivity index (χ2n) is 4.33. The van der Waals surface area contributed by atoms with Gasteiger partial charge in [0.1, 0.15) is 5.69 Å². The molecule has 1 fully saturated rings. The Labute approximate surface area is 104 Å². The summed E-state index contributed by atoms with van der Waals surface area (Å²) in [5.41, 5.74) is 1.46. The number of rotatable bonds is 2.